The highest BCUT2D eigenvalue weighted by Gasteiger charge is 2.06. The fourth-order valence-electron chi connectivity index (χ4n) is 2.23. The van der Waals surface area contributed by atoms with E-state index in [2.05, 4.69) is 10.3 Å². The van der Waals surface area contributed by atoms with Crippen molar-refractivity contribution in [1.29, 1.82) is 0 Å². The first-order valence-electron chi connectivity index (χ1n) is 7.03. The Hall–Kier alpha value is -3.15. The quantitative estimate of drug-likeness (QED) is 0.784. The van der Waals surface area contributed by atoms with E-state index < -0.39 is 5.97 Å². The number of methoxy groups -OCH3 is 1. The SMILES string of the molecule is COc1ccc(-c2cn(-c3ccc(CC(=O)O)cc3)nn2)cc1. The lowest BCUT2D eigenvalue weighted by Gasteiger charge is -2.02. The van der Waals surface area contributed by atoms with Crippen molar-refractivity contribution >= 4 is 5.97 Å². The standard InChI is InChI=1S/C17H15N3O3/c1-23-15-8-4-13(5-9-15)16-11-20(19-18-16)14-6-2-12(3-7-14)10-17(21)22/h2-9,11H,10H2,1H3,(H,21,22). The van der Waals surface area contributed by atoms with Crippen LogP contribution in [0.1, 0.15) is 5.56 Å². The van der Waals surface area contributed by atoms with Gasteiger partial charge in [0.1, 0.15) is 11.4 Å². The van der Waals surface area contributed by atoms with Gasteiger partial charge in [0.15, 0.2) is 0 Å². The van der Waals surface area contributed by atoms with Crippen molar-refractivity contribution in [3.8, 4) is 22.7 Å². The summed E-state index contributed by atoms with van der Waals surface area (Å²) in [5.41, 5.74) is 3.27. The highest BCUT2D eigenvalue weighted by atomic mass is 16.5. The molecule has 3 rings (SSSR count). The Labute approximate surface area is 133 Å². The molecule has 0 aliphatic rings. The number of rotatable bonds is 5. The molecular weight excluding hydrogens is 294 g/mol. The van der Waals surface area contributed by atoms with Crippen molar-refractivity contribution < 1.29 is 14.6 Å². The molecule has 0 unspecified atom stereocenters. The number of carbonyl (C=O) groups is 1. The predicted octanol–water partition coefficient (Wildman–Crippen LogP) is 2.57. The third-order valence-electron chi connectivity index (χ3n) is 3.44. The lowest BCUT2D eigenvalue weighted by molar-refractivity contribution is -0.136. The van der Waals surface area contributed by atoms with E-state index in [0.29, 0.717) is 0 Å². The molecule has 23 heavy (non-hydrogen) atoms. The van der Waals surface area contributed by atoms with Gasteiger partial charge in [-0.15, -0.1) is 5.10 Å². The average molecular weight is 309 g/mol. The molecule has 0 aliphatic carbocycles. The summed E-state index contributed by atoms with van der Waals surface area (Å²) < 4.78 is 6.79. The Morgan fingerprint density at radius 3 is 2.43 bits per heavy atom. The molecule has 1 N–H and O–H groups in total. The Morgan fingerprint density at radius 1 is 1.13 bits per heavy atom. The van der Waals surface area contributed by atoms with Crippen LogP contribution in [-0.2, 0) is 11.2 Å². The van der Waals surface area contributed by atoms with Crippen LogP contribution in [0, 0.1) is 0 Å². The van der Waals surface area contributed by atoms with Gasteiger partial charge in [0.25, 0.3) is 0 Å². The molecule has 1 aromatic heterocycles. The minimum atomic E-state index is -0.847. The van der Waals surface area contributed by atoms with Crippen LogP contribution in [0.5, 0.6) is 5.75 Å². The third-order valence-corrected chi connectivity index (χ3v) is 3.44. The van der Waals surface area contributed by atoms with E-state index in [1.165, 1.54) is 0 Å². The second-order valence-corrected chi connectivity index (χ2v) is 5.01. The summed E-state index contributed by atoms with van der Waals surface area (Å²) in [6, 6.07) is 14.8. The largest absolute Gasteiger partial charge is 0.497 e. The van der Waals surface area contributed by atoms with E-state index in [-0.39, 0.29) is 6.42 Å². The van der Waals surface area contributed by atoms with Gasteiger partial charge in [0.05, 0.1) is 25.4 Å². The topological polar surface area (TPSA) is 77.2 Å². The minimum absolute atomic E-state index is 0.00867. The van der Waals surface area contributed by atoms with Crippen LogP contribution in [0.15, 0.2) is 54.7 Å². The minimum Gasteiger partial charge on any atom is -0.497 e. The Kier molecular flexibility index (Phi) is 4.05. The number of ether oxygens (including phenoxy) is 1. The maximum absolute atomic E-state index is 10.7. The number of aliphatic carboxylic acids is 1. The second kappa shape index (κ2) is 6.31. The van der Waals surface area contributed by atoms with Crippen LogP contribution in [0.2, 0.25) is 0 Å². The maximum atomic E-state index is 10.7. The average Bonchev–Trinajstić information content (AvgIpc) is 3.05. The predicted molar refractivity (Wildman–Crippen MR) is 84.7 cm³/mol. The molecule has 0 saturated heterocycles. The lowest BCUT2D eigenvalue weighted by Crippen LogP contribution is -2.00. The van der Waals surface area contributed by atoms with Gasteiger partial charge in [0, 0.05) is 5.56 Å². The zero-order valence-electron chi connectivity index (χ0n) is 12.5. The number of aromatic nitrogens is 3. The summed E-state index contributed by atoms with van der Waals surface area (Å²) >= 11 is 0. The van der Waals surface area contributed by atoms with Crippen molar-refractivity contribution in [3.05, 3.63) is 60.3 Å². The molecule has 0 radical (unpaired) electrons. The van der Waals surface area contributed by atoms with Gasteiger partial charge >= 0.3 is 5.97 Å². The number of carboxylic acids is 1. The summed E-state index contributed by atoms with van der Waals surface area (Å²) in [4.78, 5) is 10.7. The summed E-state index contributed by atoms with van der Waals surface area (Å²) in [5.74, 6) is -0.0598. The van der Waals surface area contributed by atoms with Gasteiger partial charge in [-0.1, -0.05) is 17.3 Å². The normalized spacial score (nSPS) is 10.5. The van der Waals surface area contributed by atoms with Crippen LogP contribution in [0.4, 0.5) is 0 Å². The highest BCUT2D eigenvalue weighted by molar-refractivity contribution is 5.70. The molecule has 6 heteroatoms. The second-order valence-electron chi connectivity index (χ2n) is 5.01. The molecule has 0 aliphatic heterocycles. The van der Waals surface area contributed by atoms with Crippen molar-refractivity contribution in [2.75, 3.05) is 7.11 Å². The van der Waals surface area contributed by atoms with Crippen LogP contribution in [-0.4, -0.2) is 33.2 Å². The summed E-state index contributed by atoms with van der Waals surface area (Å²) in [7, 11) is 1.62. The van der Waals surface area contributed by atoms with Gasteiger partial charge in [-0.25, -0.2) is 4.68 Å². The van der Waals surface area contributed by atoms with E-state index in [1.807, 2.05) is 42.6 Å². The highest BCUT2D eigenvalue weighted by Crippen LogP contribution is 2.21. The first-order valence-corrected chi connectivity index (χ1v) is 7.03. The summed E-state index contributed by atoms with van der Waals surface area (Å²) in [6.45, 7) is 0. The molecule has 1 heterocycles. The molecule has 6 nitrogen and oxygen atoms in total. The van der Waals surface area contributed by atoms with E-state index in [9.17, 15) is 4.79 Å². The van der Waals surface area contributed by atoms with Crippen molar-refractivity contribution in [1.82, 2.24) is 15.0 Å². The molecule has 0 spiro atoms. The molecule has 116 valence electrons. The fraction of sp³-hybridized carbons (Fsp3) is 0.118. The lowest BCUT2D eigenvalue weighted by atomic mass is 10.1. The Balaban J connectivity index is 1.81. The molecule has 0 saturated carbocycles. The van der Waals surface area contributed by atoms with Crippen LogP contribution in [0.3, 0.4) is 0 Å². The van der Waals surface area contributed by atoms with Crippen LogP contribution >= 0.6 is 0 Å². The van der Waals surface area contributed by atoms with Crippen molar-refractivity contribution in [2.24, 2.45) is 0 Å². The molecular formula is C17H15N3O3. The summed E-state index contributed by atoms with van der Waals surface area (Å²) in [6.07, 6.45) is 1.84. The molecule has 3 aromatic rings. The third kappa shape index (κ3) is 3.37. The van der Waals surface area contributed by atoms with E-state index >= 15 is 0 Å². The number of benzene rings is 2. The first-order chi connectivity index (χ1) is 11.2. The number of carboxylic acid groups (broad SMARTS) is 1. The summed E-state index contributed by atoms with van der Waals surface area (Å²) in [5, 5.41) is 17.1. The van der Waals surface area contributed by atoms with Crippen molar-refractivity contribution in [2.45, 2.75) is 6.42 Å². The van der Waals surface area contributed by atoms with Crippen LogP contribution in [0.25, 0.3) is 16.9 Å². The zero-order chi connectivity index (χ0) is 16.2. The van der Waals surface area contributed by atoms with Gasteiger partial charge in [-0.2, -0.15) is 0 Å². The van der Waals surface area contributed by atoms with Gasteiger partial charge < -0.3 is 9.84 Å². The molecule has 0 fully saturated rings. The van der Waals surface area contributed by atoms with E-state index in [0.717, 1.165) is 28.3 Å². The van der Waals surface area contributed by atoms with Gasteiger partial charge in [0.2, 0.25) is 0 Å². The van der Waals surface area contributed by atoms with Crippen molar-refractivity contribution in [3.63, 3.8) is 0 Å². The van der Waals surface area contributed by atoms with Gasteiger partial charge in [-0.3, -0.25) is 4.79 Å². The van der Waals surface area contributed by atoms with E-state index in [4.69, 9.17) is 9.84 Å². The van der Waals surface area contributed by atoms with Crippen LogP contribution < -0.4 is 4.74 Å². The monoisotopic (exact) mass is 309 g/mol. The number of nitrogens with zero attached hydrogens (tertiary/aromatic N) is 3. The smallest absolute Gasteiger partial charge is 0.307 e. The molecule has 2 aromatic carbocycles. The molecule has 0 bridgehead atoms. The Morgan fingerprint density at radius 2 is 1.83 bits per heavy atom. The number of hydrogen-bond acceptors (Lipinski definition) is 4. The number of hydrogen-bond donors (Lipinski definition) is 1. The molecule has 0 amide bonds. The fourth-order valence-corrected chi connectivity index (χ4v) is 2.23. The first kappa shape index (κ1) is 14.8. The zero-order valence-corrected chi connectivity index (χ0v) is 12.5. The maximum Gasteiger partial charge on any atom is 0.307 e. The van der Waals surface area contributed by atoms with E-state index in [1.54, 1.807) is 23.9 Å². The molecule has 0 atom stereocenters. The Bertz CT molecular complexity index is 808. The van der Waals surface area contributed by atoms with Gasteiger partial charge in [-0.05, 0) is 42.0 Å².